The molecule has 0 atom stereocenters. The monoisotopic (exact) mass is 287 g/mol. The Bertz CT molecular complexity index is 764. The lowest BCUT2D eigenvalue weighted by Gasteiger charge is -2.08. The molecule has 0 saturated heterocycles. The minimum absolute atomic E-state index is 0.238. The van der Waals surface area contributed by atoms with Gasteiger partial charge in [0.15, 0.2) is 0 Å². The Morgan fingerprint density at radius 2 is 2.00 bits per heavy atom. The third-order valence-corrected chi connectivity index (χ3v) is 3.40. The number of anilines is 1. The highest BCUT2D eigenvalue weighted by Crippen LogP contribution is 2.25. The fraction of sp³-hybridized carbons (Fsp3) is 0.125. The molecule has 0 bridgehead atoms. The lowest BCUT2D eigenvalue weighted by Crippen LogP contribution is -1.99. The average molecular weight is 288 g/mol. The maximum atomic E-state index is 9.77. The average Bonchev–Trinajstić information content (AvgIpc) is 2.79. The smallest absolute Gasteiger partial charge is 0.134 e. The Morgan fingerprint density at radius 1 is 1.15 bits per heavy atom. The zero-order chi connectivity index (χ0) is 14.1. The maximum absolute atomic E-state index is 9.77. The van der Waals surface area contributed by atoms with Crippen molar-refractivity contribution in [3.63, 3.8) is 0 Å². The number of aromatic hydroxyl groups is 1. The van der Waals surface area contributed by atoms with Crippen molar-refractivity contribution < 1.29 is 9.52 Å². The van der Waals surface area contributed by atoms with Crippen molar-refractivity contribution in [2.24, 2.45) is 0 Å². The van der Waals surface area contributed by atoms with Crippen molar-refractivity contribution in [2.45, 2.75) is 13.5 Å². The minimum atomic E-state index is 0.238. The number of halogens is 1. The standard InChI is InChI=1S/C16H14ClNO2/c1-10-6-11-8-14(3-5-16(11)20-10)18-9-12-7-13(17)2-4-15(12)19/h2-8,18-19H,9H2,1H3. The Labute approximate surface area is 121 Å². The van der Waals surface area contributed by atoms with Crippen LogP contribution in [0, 0.1) is 6.92 Å². The van der Waals surface area contributed by atoms with Gasteiger partial charge >= 0.3 is 0 Å². The molecule has 0 aliphatic heterocycles. The number of rotatable bonds is 3. The van der Waals surface area contributed by atoms with Crippen LogP contribution in [-0.2, 0) is 6.54 Å². The summed E-state index contributed by atoms with van der Waals surface area (Å²) in [5, 5.41) is 14.7. The fourth-order valence-corrected chi connectivity index (χ4v) is 2.37. The molecule has 0 amide bonds. The molecule has 0 saturated carbocycles. The third kappa shape index (κ3) is 2.58. The molecule has 1 heterocycles. The molecule has 2 N–H and O–H groups in total. The number of hydrogen-bond acceptors (Lipinski definition) is 3. The van der Waals surface area contributed by atoms with Gasteiger partial charge in [-0.1, -0.05) is 11.6 Å². The molecule has 0 unspecified atom stereocenters. The molecule has 3 nitrogen and oxygen atoms in total. The van der Waals surface area contributed by atoms with Crippen molar-refractivity contribution in [3.05, 3.63) is 58.8 Å². The Kier molecular flexibility index (Phi) is 3.28. The summed E-state index contributed by atoms with van der Waals surface area (Å²) in [4.78, 5) is 0. The van der Waals surface area contributed by atoms with Gasteiger partial charge in [0.25, 0.3) is 0 Å². The van der Waals surface area contributed by atoms with E-state index >= 15 is 0 Å². The van der Waals surface area contributed by atoms with Crippen molar-refractivity contribution in [1.29, 1.82) is 0 Å². The van der Waals surface area contributed by atoms with Gasteiger partial charge in [0.05, 0.1) is 0 Å². The molecule has 0 fully saturated rings. The van der Waals surface area contributed by atoms with E-state index in [2.05, 4.69) is 5.32 Å². The van der Waals surface area contributed by atoms with Gasteiger partial charge in [0.2, 0.25) is 0 Å². The van der Waals surface area contributed by atoms with E-state index in [1.807, 2.05) is 31.2 Å². The summed E-state index contributed by atoms with van der Waals surface area (Å²) in [7, 11) is 0. The third-order valence-electron chi connectivity index (χ3n) is 3.16. The summed E-state index contributed by atoms with van der Waals surface area (Å²) in [6.45, 7) is 2.44. The van der Waals surface area contributed by atoms with Crippen LogP contribution in [0.2, 0.25) is 5.02 Å². The van der Waals surface area contributed by atoms with Crippen LogP contribution in [0.15, 0.2) is 46.9 Å². The number of aryl methyl sites for hydroxylation is 1. The summed E-state index contributed by atoms with van der Waals surface area (Å²) in [5.41, 5.74) is 2.61. The molecule has 3 aromatic rings. The van der Waals surface area contributed by atoms with E-state index in [-0.39, 0.29) is 5.75 Å². The van der Waals surface area contributed by atoms with E-state index in [1.165, 1.54) is 0 Å². The van der Waals surface area contributed by atoms with Gasteiger partial charge in [-0.2, -0.15) is 0 Å². The molecule has 1 aromatic heterocycles. The first-order valence-electron chi connectivity index (χ1n) is 6.33. The lowest BCUT2D eigenvalue weighted by molar-refractivity contribution is 0.469. The van der Waals surface area contributed by atoms with Gasteiger partial charge in [0, 0.05) is 28.2 Å². The zero-order valence-corrected chi connectivity index (χ0v) is 11.7. The number of nitrogens with one attached hydrogen (secondary N) is 1. The van der Waals surface area contributed by atoms with Gasteiger partial charge in [-0.3, -0.25) is 0 Å². The number of benzene rings is 2. The van der Waals surface area contributed by atoms with Crippen molar-refractivity contribution >= 4 is 28.3 Å². The molecular formula is C16H14ClNO2. The van der Waals surface area contributed by atoms with Crippen LogP contribution in [0.4, 0.5) is 5.69 Å². The first-order valence-corrected chi connectivity index (χ1v) is 6.71. The first kappa shape index (κ1) is 12.9. The van der Waals surface area contributed by atoms with Crippen molar-refractivity contribution in [1.82, 2.24) is 0 Å². The first-order chi connectivity index (χ1) is 9.61. The zero-order valence-electron chi connectivity index (χ0n) is 11.0. The van der Waals surface area contributed by atoms with Crippen LogP contribution < -0.4 is 5.32 Å². The maximum Gasteiger partial charge on any atom is 0.134 e. The molecule has 0 aliphatic carbocycles. The summed E-state index contributed by atoms with van der Waals surface area (Å²) in [5.74, 6) is 1.13. The number of phenolic OH excluding ortho intramolecular Hbond substituents is 1. The number of phenols is 1. The molecule has 4 heteroatoms. The van der Waals surface area contributed by atoms with Gasteiger partial charge in [0.1, 0.15) is 17.1 Å². The second-order valence-corrected chi connectivity index (χ2v) is 5.17. The molecule has 0 spiro atoms. The van der Waals surface area contributed by atoms with E-state index in [0.717, 1.165) is 28.0 Å². The predicted molar refractivity (Wildman–Crippen MR) is 81.4 cm³/mol. The van der Waals surface area contributed by atoms with E-state index in [4.69, 9.17) is 16.0 Å². The molecule has 0 aliphatic rings. The number of furan rings is 1. The summed E-state index contributed by atoms with van der Waals surface area (Å²) in [6.07, 6.45) is 0. The lowest BCUT2D eigenvalue weighted by atomic mass is 10.2. The molecule has 102 valence electrons. The van der Waals surface area contributed by atoms with Crippen LogP contribution in [0.25, 0.3) is 11.0 Å². The number of hydrogen-bond donors (Lipinski definition) is 2. The molecule has 3 rings (SSSR count). The van der Waals surface area contributed by atoms with Crippen molar-refractivity contribution in [3.8, 4) is 5.75 Å². The molecule has 2 aromatic carbocycles. The Morgan fingerprint density at radius 3 is 2.85 bits per heavy atom. The fourth-order valence-electron chi connectivity index (χ4n) is 2.18. The molecular weight excluding hydrogens is 274 g/mol. The molecule has 0 radical (unpaired) electrons. The van der Waals surface area contributed by atoms with Crippen LogP contribution >= 0.6 is 11.6 Å². The largest absolute Gasteiger partial charge is 0.508 e. The van der Waals surface area contributed by atoms with Crippen LogP contribution in [-0.4, -0.2) is 5.11 Å². The highest BCUT2D eigenvalue weighted by atomic mass is 35.5. The highest BCUT2D eigenvalue weighted by Gasteiger charge is 2.04. The minimum Gasteiger partial charge on any atom is -0.508 e. The van der Waals surface area contributed by atoms with Crippen LogP contribution in [0.5, 0.6) is 5.75 Å². The Balaban J connectivity index is 1.80. The van der Waals surface area contributed by atoms with Gasteiger partial charge < -0.3 is 14.8 Å². The normalized spacial score (nSPS) is 10.9. The highest BCUT2D eigenvalue weighted by molar-refractivity contribution is 6.30. The van der Waals surface area contributed by atoms with Crippen LogP contribution in [0.3, 0.4) is 0 Å². The van der Waals surface area contributed by atoms with Crippen LogP contribution in [0.1, 0.15) is 11.3 Å². The van der Waals surface area contributed by atoms with Gasteiger partial charge in [-0.15, -0.1) is 0 Å². The predicted octanol–water partition coefficient (Wildman–Crippen LogP) is 4.71. The summed E-state index contributed by atoms with van der Waals surface area (Å²) in [6, 6.07) is 12.9. The summed E-state index contributed by atoms with van der Waals surface area (Å²) < 4.78 is 5.54. The second-order valence-electron chi connectivity index (χ2n) is 4.74. The topological polar surface area (TPSA) is 45.4 Å². The quantitative estimate of drug-likeness (QED) is 0.733. The summed E-state index contributed by atoms with van der Waals surface area (Å²) >= 11 is 5.93. The van der Waals surface area contributed by atoms with Crippen molar-refractivity contribution in [2.75, 3.05) is 5.32 Å². The van der Waals surface area contributed by atoms with Gasteiger partial charge in [-0.25, -0.2) is 0 Å². The van der Waals surface area contributed by atoms with E-state index in [1.54, 1.807) is 18.2 Å². The van der Waals surface area contributed by atoms with E-state index in [0.29, 0.717) is 11.6 Å². The molecule has 20 heavy (non-hydrogen) atoms. The van der Waals surface area contributed by atoms with E-state index < -0.39 is 0 Å². The second kappa shape index (κ2) is 5.10. The number of fused-ring (bicyclic) bond motifs is 1. The van der Waals surface area contributed by atoms with Gasteiger partial charge in [-0.05, 0) is 49.4 Å². The Hall–Kier alpha value is -2.13. The SMILES string of the molecule is Cc1cc2cc(NCc3cc(Cl)ccc3O)ccc2o1. The van der Waals surface area contributed by atoms with E-state index in [9.17, 15) is 5.11 Å².